The molecule has 8 rings (SSSR count). The number of allylic oxidation sites excluding steroid dienone is 4. The van der Waals surface area contributed by atoms with Gasteiger partial charge in [-0.1, -0.05) is 137 Å². The van der Waals surface area contributed by atoms with Gasteiger partial charge < -0.3 is 9.80 Å². The predicted molar refractivity (Wildman–Crippen MR) is 218 cm³/mol. The van der Waals surface area contributed by atoms with E-state index < -0.39 is 0 Å². The third kappa shape index (κ3) is 5.75. The SMILES string of the molecule is C=C1/C=C\C=C/CN(c2ccc(C3N=C(c4ccc(N5c6ccccc6C(C)(C)c6ccccc65)cc4)SN3C)cc2)c2ccccc2C1(C)C. The van der Waals surface area contributed by atoms with E-state index in [1.54, 1.807) is 11.9 Å². The van der Waals surface area contributed by atoms with Gasteiger partial charge in [0.2, 0.25) is 0 Å². The second-order valence-corrected chi connectivity index (χ2v) is 15.8. The van der Waals surface area contributed by atoms with Gasteiger partial charge in [-0.2, -0.15) is 0 Å². The van der Waals surface area contributed by atoms with Crippen molar-refractivity contribution in [2.45, 2.75) is 44.7 Å². The second kappa shape index (κ2) is 12.9. The van der Waals surface area contributed by atoms with Crippen LogP contribution in [0.2, 0.25) is 0 Å². The highest BCUT2D eigenvalue weighted by Gasteiger charge is 2.36. The zero-order valence-electron chi connectivity index (χ0n) is 30.0. The van der Waals surface area contributed by atoms with E-state index in [0.29, 0.717) is 0 Å². The molecule has 0 spiro atoms. The topological polar surface area (TPSA) is 22.1 Å². The highest BCUT2D eigenvalue weighted by atomic mass is 32.2. The van der Waals surface area contributed by atoms with Gasteiger partial charge >= 0.3 is 0 Å². The van der Waals surface area contributed by atoms with E-state index in [-0.39, 0.29) is 17.0 Å². The molecule has 5 aromatic carbocycles. The molecule has 1 unspecified atom stereocenters. The normalized spacial score (nSPS) is 20.5. The lowest BCUT2D eigenvalue weighted by Crippen LogP contribution is -2.30. The Kier molecular flexibility index (Phi) is 8.36. The number of para-hydroxylation sites is 3. The zero-order chi connectivity index (χ0) is 35.3. The Morgan fingerprint density at radius 2 is 1.20 bits per heavy atom. The molecule has 0 aliphatic carbocycles. The fourth-order valence-electron chi connectivity index (χ4n) is 7.72. The van der Waals surface area contributed by atoms with E-state index >= 15 is 0 Å². The summed E-state index contributed by atoms with van der Waals surface area (Å²) in [6.45, 7) is 14.4. The van der Waals surface area contributed by atoms with Crippen molar-refractivity contribution in [2.75, 3.05) is 23.4 Å². The summed E-state index contributed by atoms with van der Waals surface area (Å²) in [7, 11) is 2.13. The largest absolute Gasteiger partial charge is 0.337 e. The molecule has 1 atom stereocenters. The van der Waals surface area contributed by atoms with Gasteiger partial charge in [-0.05, 0) is 82.2 Å². The molecular weight excluding hydrogens is 641 g/mol. The van der Waals surface area contributed by atoms with Crippen molar-refractivity contribution in [1.82, 2.24) is 4.31 Å². The Balaban J connectivity index is 1.07. The average molecular weight is 685 g/mol. The summed E-state index contributed by atoms with van der Waals surface area (Å²) in [5.41, 5.74) is 13.0. The second-order valence-electron chi connectivity index (χ2n) is 14.6. The van der Waals surface area contributed by atoms with Gasteiger partial charge in [0.25, 0.3) is 0 Å². The standard InChI is InChI=1S/C46H44N4S/c1-32-16-8-7-15-31-49(40-20-12-9-17-37(40)45(32,2)3)35-27-23-33(24-28-35)43-47-44(51-48(43)6)34-25-29-36(30-26-34)50-41-21-13-10-18-38(41)46(4,5)39-19-11-14-22-42(39)50/h7-30,43H,1,31H2,2-6H3/b15-7-,16-8-. The van der Waals surface area contributed by atoms with Gasteiger partial charge in [-0.3, -0.25) is 4.99 Å². The minimum Gasteiger partial charge on any atom is -0.337 e. The van der Waals surface area contributed by atoms with Crippen LogP contribution in [0.15, 0.2) is 163 Å². The first-order valence-electron chi connectivity index (χ1n) is 17.7. The molecule has 0 bridgehead atoms. The van der Waals surface area contributed by atoms with Crippen LogP contribution in [0.3, 0.4) is 0 Å². The van der Waals surface area contributed by atoms with E-state index in [1.165, 1.54) is 39.3 Å². The van der Waals surface area contributed by atoms with E-state index in [2.05, 4.69) is 201 Å². The molecule has 3 heterocycles. The van der Waals surface area contributed by atoms with Crippen molar-refractivity contribution < 1.29 is 0 Å². The Morgan fingerprint density at radius 3 is 1.82 bits per heavy atom. The molecule has 51 heavy (non-hydrogen) atoms. The van der Waals surface area contributed by atoms with Crippen molar-refractivity contribution in [1.29, 1.82) is 0 Å². The highest BCUT2D eigenvalue weighted by molar-refractivity contribution is 8.12. The molecule has 0 aromatic heterocycles. The molecule has 0 amide bonds. The summed E-state index contributed by atoms with van der Waals surface area (Å²) in [6.07, 6.45) is 8.49. The number of nitrogens with zero attached hydrogens (tertiary/aromatic N) is 4. The lowest BCUT2D eigenvalue weighted by Gasteiger charge is -2.42. The maximum absolute atomic E-state index is 5.25. The Labute approximate surface area is 307 Å². The molecule has 5 aromatic rings. The minimum atomic E-state index is -0.205. The van der Waals surface area contributed by atoms with Gasteiger partial charge in [-0.15, -0.1) is 0 Å². The molecule has 3 aliphatic rings. The zero-order valence-corrected chi connectivity index (χ0v) is 30.9. The van der Waals surface area contributed by atoms with Crippen molar-refractivity contribution in [2.24, 2.45) is 4.99 Å². The Bertz CT molecular complexity index is 2160. The van der Waals surface area contributed by atoms with Gasteiger partial charge in [0.05, 0.1) is 11.4 Å². The van der Waals surface area contributed by atoms with Crippen molar-refractivity contribution >= 4 is 45.4 Å². The molecule has 254 valence electrons. The molecule has 4 nitrogen and oxygen atoms in total. The fourth-order valence-corrected chi connectivity index (χ4v) is 8.65. The molecule has 0 saturated heterocycles. The van der Waals surface area contributed by atoms with Gasteiger partial charge in [-0.25, -0.2) is 4.31 Å². The number of aliphatic imine (C=N–C) groups is 1. The summed E-state index contributed by atoms with van der Waals surface area (Å²) in [4.78, 5) is 10.0. The van der Waals surface area contributed by atoms with Crippen molar-refractivity contribution in [3.05, 3.63) is 186 Å². The average Bonchev–Trinajstić information content (AvgIpc) is 3.54. The molecule has 3 aliphatic heterocycles. The van der Waals surface area contributed by atoms with Gasteiger partial charge in [0.1, 0.15) is 11.2 Å². The summed E-state index contributed by atoms with van der Waals surface area (Å²) in [5.74, 6) is 0. The van der Waals surface area contributed by atoms with Crippen LogP contribution in [0, 0.1) is 0 Å². The molecule has 5 heteroatoms. The van der Waals surface area contributed by atoms with Crippen molar-refractivity contribution in [3.8, 4) is 0 Å². The maximum atomic E-state index is 5.25. The molecule has 0 N–H and O–H groups in total. The number of fused-ring (bicyclic) bond motifs is 3. The van der Waals surface area contributed by atoms with Crippen LogP contribution in [0.5, 0.6) is 0 Å². The number of benzene rings is 5. The van der Waals surface area contributed by atoms with Crippen molar-refractivity contribution in [3.63, 3.8) is 0 Å². The first-order valence-corrected chi connectivity index (χ1v) is 18.5. The first-order chi connectivity index (χ1) is 24.6. The highest BCUT2D eigenvalue weighted by Crippen LogP contribution is 2.51. The third-order valence-corrected chi connectivity index (χ3v) is 11.8. The molecule has 0 radical (unpaired) electrons. The Morgan fingerprint density at radius 1 is 0.647 bits per heavy atom. The van der Waals surface area contributed by atoms with E-state index in [4.69, 9.17) is 4.99 Å². The van der Waals surface area contributed by atoms with E-state index in [1.807, 2.05) is 0 Å². The molecule has 0 fully saturated rings. The van der Waals surface area contributed by atoms with Crippen LogP contribution in [0.25, 0.3) is 0 Å². The minimum absolute atomic E-state index is 0.0690. The monoisotopic (exact) mass is 684 g/mol. The number of rotatable bonds is 4. The lowest BCUT2D eigenvalue weighted by atomic mass is 9.73. The quantitative estimate of drug-likeness (QED) is 0.176. The third-order valence-electron chi connectivity index (χ3n) is 10.8. The number of anilines is 5. The van der Waals surface area contributed by atoms with Crippen LogP contribution in [-0.2, 0) is 10.8 Å². The predicted octanol–water partition coefficient (Wildman–Crippen LogP) is 11.9. The lowest BCUT2D eigenvalue weighted by molar-refractivity contribution is 0.450. The van der Waals surface area contributed by atoms with Crippen LogP contribution >= 0.6 is 11.9 Å². The maximum Gasteiger partial charge on any atom is 0.138 e. The van der Waals surface area contributed by atoms with Crippen LogP contribution in [-0.4, -0.2) is 22.9 Å². The smallest absolute Gasteiger partial charge is 0.138 e. The summed E-state index contributed by atoms with van der Waals surface area (Å²) in [5, 5.41) is 1.03. The van der Waals surface area contributed by atoms with Gasteiger partial charge in [0.15, 0.2) is 0 Å². The fraction of sp³-hybridized carbons (Fsp3) is 0.196. The summed E-state index contributed by atoms with van der Waals surface area (Å²) < 4.78 is 2.25. The van der Waals surface area contributed by atoms with Crippen LogP contribution in [0.4, 0.5) is 28.4 Å². The summed E-state index contributed by atoms with van der Waals surface area (Å²) >= 11 is 1.71. The first kappa shape index (κ1) is 33.1. The van der Waals surface area contributed by atoms with Gasteiger partial charge in [0, 0.05) is 47.0 Å². The number of hydrogen-bond donors (Lipinski definition) is 0. The van der Waals surface area contributed by atoms with E-state index in [0.717, 1.165) is 34.1 Å². The van der Waals surface area contributed by atoms with E-state index in [9.17, 15) is 0 Å². The van der Waals surface area contributed by atoms with Crippen LogP contribution in [0.1, 0.15) is 61.7 Å². The number of hydrogen-bond acceptors (Lipinski definition) is 5. The summed E-state index contributed by atoms with van der Waals surface area (Å²) in [6, 6.07) is 44.1. The van der Waals surface area contributed by atoms with Crippen LogP contribution < -0.4 is 9.80 Å². The molecule has 0 saturated carbocycles. The Hall–Kier alpha value is -5.10. The molecular formula is C46H44N4S.